The number of hydrogen-bond donors (Lipinski definition) is 1. The van der Waals surface area contributed by atoms with Crippen molar-refractivity contribution in [2.75, 3.05) is 40.5 Å². The first-order valence-corrected chi connectivity index (χ1v) is 15.5. The van der Waals surface area contributed by atoms with E-state index in [-0.39, 0.29) is 0 Å². The van der Waals surface area contributed by atoms with Crippen molar-refractivity contribution >= 4 is 17.7 Å². The molecule has 2 aromatic carbocycles. The van der Waals surface area contributed by atoms with E-state index in [1.54, 1.807) is 34.1 Å². The van der Waals surface area contributed by atoms with E-state index in [1.165, 1.54) is 4.90 Å². The molecule has 9 nitrogen and oxygen atoms in total. The van der Waals surface area contributed by atoms with Gasteiger partial charge >= 0.3 is 5.97 Å². The fourth-order valence-electron chi connectivity index (χ4n) is 5.10. The maximum absolute atomic E-state index is 13.8. The van der Waals surface area contributed by atoms with Crippen molar-refractivity contribution in [3.8, 4) is 17.2 Å². The lowest BCUT2D eigenvalue weighted by atomic mass is 9.84. The highest BCUT2D eigenvalue weighted by Gasteiger charge is 2.41. The molecule has 1 amide bonds. The van der Waals surface area contributed by atoms with Gasteiger partial charge in [0, 0.05) is 25.0 Å². The molecule has 0 radical (unpaired) electrons. The summed E-state index contributed by atoms with van der Waals surface area (Å²) in [6, 6.07) is 12.4. The number of aryl methyl sites for hydroxylation is 1. The van der Waals surface area contributed by atoms with Crippen molar-refractivity contribution < 1.29 is 33.3 Å². The normalized spacial score (nSPS) is 15.7. The van der Waals surface area contributed by atoms with Gasteiger partial charge in [0.1, 0.15) is 24.5 Å². The Kier molecular flexibility index (Phi) is 13.3. The largest absolute Gasteiger partial charge is 0.493 e. The number of Topliss-reactive ketones (excluding diaryl/α,β-unsaturated/α-hetero) is 1. The number of benzene rings is 2. The highest BCUT2D eigenvalue weighted by Crippen LogP contribution is 2.32. The third-order valence-electron chi connectivity index (χ3n) is 8.20. The van der Waals surface area contributed by atoms with E-state index in [2.05, 4.69) is 11.9 Å². The van der Waals surface area contributed by atoms with E-state index in [0.29, 0.717) is 69.2 Å². The molecular weight excluding hydrogens is 560 g/mol. The number of piperidine rings is 1. The van der Waals surface area contributed by atoms with E-state index < -0.39 is 35.2 Å². The van der Waals surface area contributed by atoms with Crippen LogP contribution in [-0.4, -0.2) is 69.1 Å². The number of nitrogens with one attached hydrogen (secondary N) is 1. The third kappa shape index (κ3) is 9.32. The highest BCUT2D eigenvalue weighted by atomic mass is 16.5. The number of nitrogens with zero attached hydrogens (tertiary/aromatic N) is 1. The molecule has 1 aliphatic heterocycles. The summed E-state index contributed by atoms with van der Waals surface area (Å²) in [6.07, 6.45) is 4.74. The van der Waals surface area contributed by atoms with Crippen LogP contribution in [0.25, 0.3) is 0 Å². The number of likely N-dealkylation sites (tertiary alicyclic amines) is 1. The zero-order valence-electron chi connectivity index (χ0n) is 26.9. The topological polar surface area (TPSA) is 103 Å². The van der Waals surface area contributed by atoms with E-state index in [0.717, 1.165) is 24.0 Å². The SMILES string of the molecule is C=CCNCCOc1cccc([C@@H](CCc2ccc(OC)c(OC)c2)OC(=O)[C@@H]2CCCCN2C(=O)C(=O)C(C)(C)CC)c1. The zero-order valence-corrected chi connectivity index (χ0v) is 26.9. The van der Waals surface area contributed by atoms with Gasteiger partial charge in [0.15, 0.2) is 11.5 Å². The van der Waals surface area contributed by atoms with Crippen molar-refractivity contribution in [3.63, 3.8) is 0 Å². The number of esters is 1. The number of hydrogen-bond acceptors (Lipinski definition) is 8. The van der Waals surface area contributed by atoms with Gasteiger partial charge in [-0.2, -0.15) is 0 Å². The van der Waals surface area contributed by atoms with Crippen molar-refractivity contribution in [3.05, 3.63) is 66.2 Å². The fraction of sp³-hybridized carbons (Fsp3) is 0.514. The quantitative estimate of drug-likeness (QED) is 0.109. The number of rotatable bonds is 17. The second kappa shape index (κ2) is 16.9. The zero-order chi connectivity index (χ0) is 32.1. The summed E-state index contributed by atoms with van der Waals surface area (Å²) in [4.78, 5) is 41.6. The molecule has 0 unspecified atom stereocenters. The maximum Gasteiger partial charge on any atom is 0.329 e. The minimum atomic E-state index is -0.813. The van der Waals surface area contributed by atoms with Gasteiger partial charge in [-0.25, -0.2) is 4.79 Å². The Morgan fingerprint density at radius 1 is 1.09 bits per heavy atom. The van der Waals surface area contributed by atoms with Gasteiger partial charge in [0.2, 0.25) is 5.78 Å². The maximum atomic E-state index is 13.8. The summed E-state index contributed by atoms with van der Waals surface area (Å²) in [5.74, 6) is 0.330. The number of carbonyl (C=O) groups excluding carboxylic acids is 3. The van der Waals surface area contributed by atoms with Crippen LogP contribution >= 0.6 is 0 Å². The van der Waals surface area contributed by atoms with Crippen LogP contribution in [-0.2, 0) is 25.5 Å². The molecule has 1 aliphatic rings. The van der Waals surface area contributed by atoms with E-state index in [9.17, 15) is 14.4 Å². The van der Waals surface area contributed by atoms with Gasteiger partial charge in [-0.1, -0.05) is 45.0 Å². The van der Waals surface area contributed by atoms with E-state index in [1.807, 2.05) is 49.4 Å². The van der Waals surface area contributed by atoms with Gasteiger partial charge in [-0.3, -0.25) is 9.59 Å². The summed E-state index contributed by atoms with van der Waals surface area (Å²) in [7, 11) is 3.18. The molecule has 1 saturated heterocycles. The predicted octanol–water partition coefficient (Wildman–Crippen LogP) is 5.46. The number of amides is 1. The molecule has 1 fully saturated rings. The van der Waals surface area contributed by atoms with Crippen molar-refractivity contribution in [2.45, 2.75) is 71.4 Å². The first kappa shape index (κ1) is 34.6. The average molecular weight is 609 g/mol. The summed E-state index contributed by atoms with van der Waals surface area (Å²) in [5, 5.41) is 3.21. The average Bonchev–Trinajstić information content (AvgIpc) is 3.05. The monoisotopic (exact) mass is 608 g/mol. The third-order valence-corrected chi connectivity index (χ3v) is 8.20. The molecule has 2 atom stereocenters. The molecule has 1 heterocycles. The fourth-order valence-corrected chi connectivity index (χ4v) is 5.10. The number of methoxy groups -OCH3 is 2. The Hall–Kier alpha value is -3.85. The Morgan fingerprint density at radius 3 is 2.57 bits per heavy atom. The lowest BCUT2D eigenvalue weighted by Crippen LogP contribution is -2.53. The molecule has 0 spiro atoms. The molecule has 0 bridgehead atoms. The van der Waals surface area contributed by atoms with Gasteiger partial charge in [0.25, 0.3) is 5.91 Å². The first-order valence-electron chi connectivity index (χ1n) is 15.5. The Balaban J connectivity index is 1.84. The van der Waals surface area contributed by atoms with Crippen LogP contribution in [0.2, 0.25) is 0 Å². The molecule has 3 rings (SSSR count). The Labute approximate surface area is 261 Å². The number of ether oxygens (including phenoxy) is 4. The van der Waals surface area contributed by atoms with Gasteiger partial charge in [-0.05, 0) is 73.9 Å². The summed E-state index contributed by atoms with van der Waals surface area (Å²) < 4.78 is 23.0. The molecule has 2 aromatic rings. The Morgan fingerprint density at radius 2 is 1.86 bits per heavy atom. The molecule has 0 saturated carbocycles. The smallest absolute Gasteiger partial charge is 0.329 e. The summed E-state index contributed by atoms with van der Waals surface area (Å²) >= 11 is 0. The van der Waals surface area contributed by atoms with Crippen molar-refractivity contribution in [2.24, 2.45) is 5.41 Å². The molecule has 0 aliphatic carbocycles. The Bertz CT molecular complexity index is 1280. The van der Waals surface area contributed by atoms with Crippen LogP contribution in [0.1, 0.15) is 70.1 Å². The lowest BCUT2D eigenvalue weighted by molar-refractivity contribution is -0.164. The summed E-state index contributed by atoms with van der Waals surface area (Å²) in [6.45, 7) is 11.3. The number of carbonyl (C=O) groups is 3. The second-order valence-corrected chi connectivity index (χ2v) is 11.6. The molecule has 240 valence electrons. The van der Waals surface area contributed by atoms with Crippen molar-refractivity contribution in [1.29, 1.82) is 0 Å². The van der Waals surface area contributed by atoms with E-state index in [4.69, 9.17) is 18.9 Å². The summed E-state index contributed by atoms with van der Waals surface area (Å²) in [5.41, 5.74) is 0.977. The number of ketones is 1. The van der Waals surface area contributed by atoms with Crippen LogP contribution in [0.5, 0.6) is 17.2 Å². The van der Waals surface area contributed by atoms with Crippen molar-refractivity contribution in [1.82, 2.24) is 10.2 Å². The second-order valence-electron chi connectivity index (χ2n) is 11.6. The van der Waals surface area contributed by atoms with Crippen LogP contribution < -0.4 is 19.5 Å². The lowest BCUT2D eigenvalue weighted by Gasteiger charge is -2.36. The standard InChI is InChI=1S/C35H48N2O7/c1-7-19-36-20-22-43-27-13-11-12-26(24-27)29(17-15-25-16-18-30(41-5)31(23-25)42-6)44-34(40)28-14-9-10-21-37(28)33(39)32(38)35(3,4)8-2/h7,11-13,16,18,23-24,28-29,36H,1,8-10,14-15,17,19-22H2,2-6H3/t28-,29+/m0/s1. The van der Waals surface area contributed by atoms with Crippen LogP contribution in [0.15, 0.2) is 55.1 Å². The highest BCUT2D eigenvalue weighted by molar-refractivity contribution is 6.38. The molecular formula is C35H48N2O7. The first-order chi connectivity index (χ1) is 21.1. The molecule has 1 N–H and O–H groups in total. The van der Waals surface area contributed by atoms with Crippen LogP contribution in [0, 0.1) is 5.41 Å². The molecule has 0 aromatic heterocycles. The van der Waals surface area contributed by atoms with Crippen LogP contribution in [0.3, 0.4) is 0 Å². The minimum Gasteiger partial charge on any atom is -0.493 e. The van der Waals surface area contributed by atoms with E-state index >= 15 is 0 Å². The molecule has 44 heavy (non-hydrogen) atoms. The van der Waals surface area contributed by atoms with Gasteiger partial charge in [-0.15, -0.1) is 6.58 Å². The van der Waals surface area contributed by atoms with Gasteiger partial charge < -0.3 is 29.2 Å². The minimum absolute atomic E-state index is 0.351. The molecule has 9 heteroatoms. The van der Waals surface area contributed by atoms with Gasteiger partial charge in [0.05, 0.1) is 14.2 Å². The van der Waals surface area contributed by atoms with Crippen LogP contribution in [0.4, 0.5) is 0 Å². The predicted molar refractivity (Wildman–Crippen MR) is 170 cm³/mol.